The molecule has 4 unspecified atom stereocenters. The molecule has 0 radical (unpaired) electrons. The second kappa shape index (κ2) is 8.19. The van der Waals surface area contributed by atoms with E-state index in [2.05, 4.69) is 15.9 Å². The molecule has 3 rings (SSSR count). The number of carbonyl (C=O) groups excluding carboxylic acids is 2. The number of benzene rings is 2. The summed E-state index contributed by atoms with van der Waals surface area (Å²) >= 11 is 3.11. The van der Waals surface area contributed by atoms with Gasteiger partial charge in [0.05, 0.1) is 11.1 Å². The number of hydrogen-bond acceptors (Lipinski definition) is 5. The van der Waals surface area contributed by atoms with E-state index in [4.69, 9.17) is 14.2 Å². The molecule has 1 heterocycles. The average Bonchev–Trinajstić information content (AvgIpc) is 2.90. The van der Waals surface area contributed by atoms with E-state index in [-0.39, 0.29) is 6.61 Å². The Labute approximate surface area is 164 Å². The molecule has 0 amide bonds. The van der Waals surface area contributed by atoms with E-state index in [0.29, 0.717) is 11.1 Å². The molecule has 1 aliphatic heterocycles. The second-order valence-electron chi connectivity index (χ2n) is 6.30. The molecule has 142 valence electrons. The van der Waals surface area contributed by atoms with E-state index in [9.17, 15) is 9.59 Å². The molecule has 2 aromatic carbocycles. The molecule has 0 N–H and O–H groups in total. The van der Waals surface area contributed by atoms with Crippen molar-refractivity contribution in [3.05, 3.63) is 71.8 Å². The van der Waals surface area contributed by atoms with Crippen LogP contribution in [0.1, 0.15) is 27.6 Å². The van der Waals surface area contributed by atoms with Crippen LogP contribution in [0.2, 0.25) is 0 Å². The molecule has 0 aliphatic carbocycles. The molecule has 4 atom stereocenters. The summed E-state index contributed by atoms with van der Waals surface area (Å²) in [5.41, 5.74) is -1.33. The summed E-state index contributed by atoms with van der Waals surface area (Å²) in [6, 6.07) is 16.7. The highest BCUT2D eigenvalue weighted by Gasteiger charge is 2.56. The predicted molar refractivity (Wildman–Crippen MR) is 99.5 cm³/mol. The largest absolute Gasteiger partial charge is 0.459 e. The number of ether oxygens (including phenoxy) is 3. The predicted octanol–water partition coefficient (Wildman–Crippen LogP) is 3.92. The zero-order chi connectivity index (χ0) is 19.4. The van der Waals surface area contributed by atoms with Gasteiger partial charge in [-0.2, -0.15) is 0 Å². The van der Waals surface area contributed by atoms with Crippen molar-refractivity contribution >= 4 is 27.9 Å². The molecule has 1 aliphatic rings. The lowest BCUT2D eigenvalue weighted by Crippen LogP contribution is -2.44. The number of esters is 2. The maximum absolute atomic E-state index is 15.1. The zero-order valence-corrected chi connectivity index (χ0v) is 16.1. The number of rotatable bonds is 5. The maximum atomic E-state index is 15.1. The lowest BCUT2D eigenvalue weighted by Gasteiger charge is -2.25. The van der Waals surface area contributed by atoms with Gasteiger partial charge in [-0.25, -0.2) is 14.0 Å². The van der Waals surface area contributed by atoms with Gasteiger partial charge in [-0.05, 0) is 31.2 Å². The van der Waals surface area contributed by atoms with E-state index in [1.165, 1.54) is 6.92 Å². The van der Waals surface area contributed by atoms with Crippen LogP contribution in [0.4, 0.5) is 4.39 Å². The molecular weight excluding hydrogens is 419 g/mol. The van der Waals surface area contributed by atoms with Crippen LogP contribution in [0.3, 0.4) is 0 Å². The Morgan fingerprint density at radius 3 is 2.11 bits per heavy atom. The highest BCUT2D eigenvalue weighted by Crippen LogP contribution is 2.40. The van der Waals surface area contributed by atoms with Crippen molar-refractivity contribution in [2.75, 3.05) is 6.61 Å². The lowest BCUT2D eigenvalue weighted by molar-refractivity contribution is -0.0422. The fraction of sp³-hybridized carbons (Fsp3) is 0.300. The summed E-state index contributed by atoms with van der Waals surface area (Å²) in [5.74, 6) is -1.24. The van der Waals surface area contributed by atoms with Crippen molar-refractivity contribution in [2.45, 2.75) is 29.8 Å². The van der Waals surface area contributed by atoms with Gasteiger partial charge < -0.3 is 14.2 Å². The fourth-order valence-electron chi connectivity index (χ4n) is 2.74. The van der Waals surface area contributed by atoms with Gasteiger partial charge in [0.25, 0.3) is 0 Å². The molecule has 0 bridgehead atoms. The normalized spacial score (nSPS) is 27.1. The van der Waals surface area contributed by atoms with Crippen LogP contribution in [0.5, 0.6) is 0 Å². The van der Waals surface area contributed by atoms with Crippen LogP contribution in [0.15, 0.2) is 60.7 Å². The van der Waals surface area contributed by atoms with Crippen molar-refractivity contribution < 1.29 is 28.2 Å². The Kier molecular flexibility index (Phi) is 5.92. The van der Waals surface area contributed by atoms with Crippen LogP contribution in [0, 0.1) is 0 Å². The minimum Gasteiger partial charge on any atom is -0.459 e. The topological polar surface area (TPSA) is 61.8 Å². The Hall–Kier alpha value is -2.25. The molecule has 0 saturated carbocycles. The second-order valence-corrected chi connectivity index (χ2v) is 7.13. The van der Waals surface area contributed by atoms with Gasteiger partial charge in [-0.3, -0.25) is 0 Å². The lowest BCUT2D eigenvalue weighted by atomic mass is 10.0. The number of halogens is 2. The molecule has 2 aromatic rings. The van der Waals surface area contributed by atoms with Crippen molar-refractivity contribution in [2.24, 2.45) is 0 Å². The smallest absolute Gasteiger partial charge is 0.338 e. The van der Waals surface area contributed by atoms with Crippen molar-refractivity contribution in [1.29, 1.82) is 0 Å². The summed E-state index contributed by atoms with van der Waals surface area (Å²) in [6.07, 6.45) is -2.18. The van der Waals surface area contributed by atoms with Gasteiger partial charge >= 0.3 is 11.9 Å². The first-order valence-corrected chi connectivity index (χ1v) is 9.28. The minimum absolute atomic E-state index is 0.248. The van der Waals surface area contributed by atoms with Crippen LogP contribution >= 0.6 is 15.9 Å². The summed E-state index contributed by atoms with van der Waals surface area (Å²) in [7, 11) is 0. The molecule has 0 aromatic heterocycles. The summed E-state index contributed by atoms with van der Waals surface area (Å²) < 4.78 is 31.2. The monoisotopic (exact) mass is 436 g/mol. The Morgan fingerprint density at radius 1 is 1.04 bits per heavy atom. The molecule has 1 fully saturated rings. The van der Waals surface area contributed by atoms with Crippen molar-refractivity contribution in [3.8, 4) is 0 Å². The van der Waals surface area contributed by atoms with Gasteiger partial charge in [-0.15, -0.1) is 0 Å². The summed E-state index contributed by atoms with van der Waals surface area (Å²) in [4.78, 5) is 24.4. The van der Waals surface area contributed by atoms with E-state index in [1.54, 1.807) is 60.7 Å². The van der Waals surface area contributed by atoms with Gasteiger partial charge in [0.15, 0.2) is 16.8 Å². The van der Waals surface area contributed by atoms with Crippen LogP contribution < -0.4 is 0 Å². The SMILES string of the molecule is CC1(F)C(Br)OC(COC(=O)c2ccccc2)C1OC(=O)c1ccccc1. The van der Waals surface area contributed by atoms with Crippen LogP contribution in [0.25, 0.3) is 0 Å². The van der Waals surface area contributed by atoms with E-state index in [0.717, 1.165) is 0 Å². The summed E-state index contributed by atoms with van der Waals surface area (Å²) in [6.45, 7) is 1.02. The van der Waals surface area contributed by atoms with Gasteiger partial charge in [0.2, 0.25) is 0 Å². The maximum Gasteiger partial charge on any atom is 0.338 e. The number of alkyl halides is 2. The Bertz CT molecular complexity index is 797. The molecule has 0 spiro atoms. The highest BCUT2D eigenvalue weighted by molar-refractivity contribution is 9.09. The zero-order valence-electron chi connectivity index (χ0n) is 14.5. The Balaban J connectivity index is 1.69. The molecule has 1 saturated heterocycles. The van der Waals surface area contributed by atoms with Crippen LogP contribution in [-0.4, -0.2) is 41.4 Å². The molecule has 7 heteroatoms. The summed E-state index contributed by atoms with van der Waals surface area (Å²) in [5, 5.41) is -1.00. The van der Waals surface area contributed by atoms with E-state index >= 15 is 4.39 Å². The van der Waals surface area contributed by atoms with Crippen LogP contribution in [-0.2, 0) is 14.2 Å². The van der Waals surface area contributed by atoms with Crippen molar-refractivity contribution in [1.82, 2.24) is 0 Å². The molecule has 27 heavy (non-hydrogen) atoms. The number of carbonyl (C=O) groups is 2. The first-order valence-electron chi connectivity index (χ1n) is 8.36. The van der Waals surface area contributed by atoms with Gasteiger partial charge in [-0.1, -0.05) is 52.3 Å². The minimum atomic E-state index is -1.99. The highest BCUT2D eigenvalue weighted by atomic mass is 79.9. The van der Waals surface area contributed by atoms with Gasteiger partial charge in [0, 0.05) is 0 Å². The Morgan fingerprint density at radius 2 is 1.56 bits per heavy atom. The van der Waals surface area contributed by atoms with E-state index < -0.39 is 34.8 Å². The fourth-order valence-corrected chi connectivity index (χ4v) is 3.28. The third-order valence-corrected chi connectivity index (χ3v) is 5.37. The van der Waals surface area contributed by atoms with Gasteiger partial charge in [0.1, 0.15) is 12.7 Å². The third kappa shape index (κ3) is 4.36. The first kappa shape index (κ1) is 19.5. The molecule has 5 nitrogen and oxygen atoms in total. The van der Waals surface area contributed by atoms with Crippen molar-refractivity contribution in [3.63, 3.8) is 0 Å². The molecular formula is C20H18BrFO5. The average molecular weight is 437 g/mol. The van der Waals surface area contributed by atoms with E-state index in [1.807, 2.05) is 0 Å². The number of hydrogen-bond donors (Lipinski definition) is 0. The first-order chi connectivity index (χ1) is 12.9. The third-order valence-electron chi connectivity index (χ3n) is 4.26. The quantitative estimate of drug-likeness (QED) is 0.525. The standard InChI is InChI=1S/C20H18BrFO5/c1-20(22)16(27-18(24)14-10-6-3-7-11-14)15(26-19(20)21)12-25-17(23)13-8-4-2-5-9-13/h2-11,15-16,19H,12H2,1H3.